The molecule has 2 N–H and O–H groups in total. The van der Waals surface area contributed by atoms with Crippen molar-refractivity contribution in [1.82, 2.24) is 30.4 Å². The normalized spacial score (nSPS) is 11.1. The zero-order valence-corrected chi connectivity index (χ0v) is 21.3. The van der Waals surface area contributed by atoms with Gasteiger partial charge in [-0.25, -0.2) is 0 Å². The number of thiocarbonyl (C=S) groups is 1. The van der Waals surface area contributed by atoms with E-state index >= 15 is 0 Å². The molecule has 5 aromatic rings. The molecule has 0 saturated heterocycles. The number of aryl methyl sites for hydroxylation is 1. The number of nitrogens with one attached hydrogen (secondary N) is 2. The van der Waals surface area contributed by atoms with Crippen molar-refractivity contribution in [1.29, 1.82) is 0 Å². The lowest BCUT2D eigenvalue weighted by atomic mass is 10.0. The fourth-order valence-electron chi connectivity index (χ4n) is 3.63. The SMILES string of the molecule is CCc1nnc2sc(-c3ccc(CNC(=S)NC(=O)c4cccc5c(Br)cccc45)cc3)nn12. The number of aromatic nitrogens is 4. The van der Waals surface area contributed by atoms with Crippen molar-refractivity contribution in [3.05, 3.63) is 82.1 Å². The predicted octanol–water partition coefficient (Wildman–Crippen LogP) is 5.14. The van der Waals surface area contributed by atoms with Gasteiger partial charge in [-0.2, -0.15) is 9.61 Å². The van der Waals surface area contributed by atoms with Crippen LogP contribution in [0.5, 0.6) is 0 Å². The van der Waals surface area contributed by atoms with Crippen molar-refractivity contribution < 1.29 is 4.79 Å². The van der Waals surface area contributed by atoms with Gasteiger partial charge in [-0.3, -0.25) is 10.1 Å². The molecule has 0 spiro atoms. The predicted molar refractivity (Wildman–Crippen MR) is 142 cm³/mol. The summed E-state index contributed by atoms with van der Waals surface area (Å²) in [5.74, 6) is 0.608. The summed E-state index contributed by atoms with van der Waals surface area (Å²) in [5, 5.41) is 21.8. The summed E-state index contributed by atoms with van der Waals surface area (Å²) in [6, 6.07) is 19.5. The van der Waals surface area contributed by atoms with E-state index in [9.17, 15) is 4.79 Å². The van der Waals surface area contributed by atoms with Gasteiger partial charge in [0.2, 0.25) is 4.96 Å². The number of hydrogen-bond donors (Lipinski definition) is 2. The molecule has 170 valence electrons. The highest BCUT2D eigenvalue weighted by Crippen LogP contribution is 2.27. The summed E-state index contributed by atoms with van der Waals surface area (Å²) in [4.78, 5) is 13.6. The van der Waals surface area contributed by atoms with Crippen molar-refractivity contribution in [2.45, 2.75) is 19.9 Å². The van der Waals surface area contributed by atoms with Gasteiger partial charge in [0, 0.05) is 28.6 Å². The number of carbonyl (C=O) groups is 1. The number of nitrogens with zero attached hydrogens (tertiary/aromatic N) is 4. The van der Waals surface area contributed by atoms with Gasteiger partial charge in [0.05, 0.1) is 0 Å². The number of benzene rings is 3. The maximum Gasteiger partial charge on any atom is 0.258 e. The first-order valence-corrected chi connectivity index (χ1v) is 12.6. The maximum atomic E-state index is 12.8. The number of fused-ring (bicyclic) bond motifs is 2. The van der Waals surface area contributed by atoms with Gasteiger partial charge in [-0.05, 0) is 40.7 Å². The van der Waals surface area contributed by atoms with Crippen molar-refractivity contribution in [2.24, 2.45) is 0 Å². The van der Waals surface area contributed by atoms with Crippen LogP contribution in [-0.2, 0) is 13.0 Å². The molecule has 0 unspecified atom stereocenters. The highest BCUT2D eigenvalue weighted by Gasteiger charge is 2.13. The number of amides is 1. The van der Waals surface area contributed by atoms with Crippen LogP contribution >= 0.6 is 39.5 Å². The minimum Gasteiger partial charge on any atom is -0.358 e. The molecule has 2 aromatic heterocycles. The molecular weight excluding hydrogens is 532 g/mol. The summed E-state index contributed by atoms with van der Waals surface area (Å²) >= 11 is 10.4. The van der Waals surface area contributed by atoms with Crippen LogP contribution in [-0.4, -0.2) is 30.8 Å². The number of carbonyl (C=O) groups excluding carboxylic acids is 1. The van der Waals surface area contributed by atoms with Crippen molar-refractivity contribution in [2.75, 3.05) is 0 Å². The molecule has 0 aliphatic carbocycles. The van der Waals surface area contributed by atoms with Gasteiger partial charge < -0.3 is 5.32 Å². The fraction of sp³-hybridized carbons (Fsp3) is 0.125. The second-order valence-corrected chi connectivity index (χ2v) is 9.76. The first-order valence-electron chi connectivity index (χ1n) is 10.6. The Morgan fingerprint density at radius 1 is 1.06 bits per heavy atom. The van der Waals surface area contributed by atoms with E-state index in [2.05, 4.69) is 41.9 Å². The van der Waals surface area contributed by atoms with E-state index in [4.69, 9.17) is 12.2 Å². The van der Waals surface area contributed by atoms with E-state index in [1.54, 1.807) is 10.6 Å². The van der Waals surface area contributed by atoms with Crippen molar-refractivity contribution in [3.8, 4) is 10.6 Å². The topological polar surface area (TPSA) is 84.2 Å². The van der Waals surface area contributed by atoms with Crippen LogP contribution in [0.2, 0.25) is 0 Å². The van der Waals surface area contributed by atoms with Gasteiger partial charge >= 0.3 is 0 Å². The Bertz CT molecular complexity index is 1530. The standard InChI is InChI=1S/C24H19BrN6OS2/c1-2-20-28-29-24-31(20)30-22(34-24)15-11-9-14(10-12-15)13-26-23(33)27-21(32)18-7-3-6-17-16(18)5-4-8-19(17)25/h3-12H,2,13H2,1H3,(H2,26,27,32,33). The molecule has 3 aromatic carbocycles. The number of rotatable bonds is 5. The molecule has 0 atom stereocenters. The highest BCUT2D eigenvalue weighted by molar-refractivity contribution is 9.10. The first kappa shape index (κ1) is 22.6. The average Bonchev–Trinajstić information content (AvgIpc) is 3.44. The molecule has 0 aliphatic rings. The number of halogens is 1. The molecule has 0 saturated carbocycles. The van der Waals surface area contributed by atoms with Crippen molar-refractivity contribution in [3.63, 3.8) is 0 Å². The Morgan fingerprint density at radius 2 is 1.82 bits per heavy atom. The number of hydrogen-bond acceptors (Lipinski definition) is 6. The molecule has 1 amide bonds. The molecule has 10 heteroatoms. The molecule has 0 aliphatic heterocycles. The molecular formula is C24H19BrN6OS2. The lowest BCUT2D eigenvalue weighted by Gasteiger charge is -2.11. The zero-order valence-electron chi connectivity index (χ0n) is 18.1. The average molecular weight is 551 g/mol. The van der Waals surface area contributed by atoms with Crippen LogP contribution in [0.3, 0.4) is 0 Å². The third-order valence-corrected chi connectivity index (χ3v) is 7.25. The largest absolute Gasteiger partial charge is 0.358 e. The third-order valence-electron chi connectivity index (χ3n) is 5.37. The molecule has 5 rings (SSSR count). The van der Waals surface area contributed by atoms with Gasteiger partial charge in [-0.1, -0.05) is 82.7 Å². The van der Waals surface area contributed by atoms with E-state index in [0.717, 1.165) is 48.6 Å². The quantitative estimate of drug-likeness (QED) is 0.295. The second-order valence-electron chi connectivity index (χ2n) is 7.55. The van der Waals surface area contributed by atoms with Gasteiger partial charge in [0.1, 0.15) is 5.01 Å². The Hall–Kier alpha value is -3.21. The fourth-order valence-corrected chi connectivity index (χ4v) is 5.15. The minimum absolute atomic E-state index is 0.244. The Kier molecular flexibility index (Phi) is 6.36. The second kappa shape index (κ2) is 9.57. The summed E-state index contributed by atoms with van der Waals surface area (Å²) in [5.41, 5.74) is 2.62. The monoisotopic (exact) mass is 550 g/mol. The smallest absolute Gasteiger partial charge is 0.258 e. The molecule has 2 heterocycles. The maximum absolute atomic E-state index is 12.8. The van der Waals surface area contributed by atoms with Crippen LogP contribution in [0.4, 0.5) is 0 Å². The van der Waals surface area contributed by atoms with Crippen molar-refractivity contribution >= 4 is 66.2 Å². The lowest BCUT2D eigenvalue weighted by molar-refractivity contribution is 0.0978. The van der Waals surface area contributed by atoms with E-state index in [1.165, 1.54) is 11.3 Å². The van der Waals surface area contributed by atoms with Crippen LogP contribution in [0, 0.1) is 0 Å². The molecule has 0 radical (unpaired) electrons. The van der Waals surface area contributed by atoms with Crippen LogP contribution < -0.4 is 10.6 Å². The van der Waals surface area contributed by atoms with Gasteiger partial charge in [0.15, 0.2) is 10.9 Å². The zero-order chi connectivity index (χ0) is 23.7. The van der Waals surface area contributed by atoms with Gasteiger partial charge in [0.25, 0.3) is 5.91 Å². The Morgan fingerprint density at radius 3 is 2.62 bits per heavy atom. The van der Waals surface area contributed by atoms with E-state index in [-0.39, 0.29) is 11.0 Å². The Balaban J connectivity index is 1.22. The molecule has 34 heavy (non-hydrogen) atoms. The third kappa shape index (κ3) is 4.44. The molecule has 7 nitrogen and oxygen atoms in total. The van der Waals surface area contributed by atoms with Crippen LogP contribution in [0.1, 0.15) is 28.7 Å². The Labute approximate surface area is 213 Å². The highest BCUT2D eigenvalue weighted by atomic mass is 79.9. The summed E-state index contributed by atoms with van der Waals surface area (Å²) in [7, 11) is 0. The molecule has 0 fully saturated rings. The van der Waals surface area contributed by atoms with Crippen LogP contribution in [0.15, 0.2) is 65.1 Å². The first-order chi connectivity index (χ1) is 16.5. The summed E-state index contributed by atoms with van der Waals surface area (Å²) in [6.45, 7) is 2.52. The minimum atomic E-state index is -0.244. The van der Waals surface area contributed by atoms with Gasteiger partial charge in [-0.15, -0.1) is 10.2 Å². The van der Waals surface area contributed by atoms with E-state index in [0.29, 0.717) is 12.1 Å². The lowest BCUT2D eigenvalue weighted by Crippen LogP contribution is -2.38. The molecule has 0 bridgehead atoms. The summed E-state index contributed by atoms with van der Waals surface area (Å²) < 4.78 is 2.74. The summed E-state index contributed by atoms with van der Waals surface area (Å²) in [6.07, 6.45) is 0.781. The van der Waals surface area contributed by atoms with E-state index < -0.39 is 0 Å². The van der Waals surface area contributed by atoms with Crippen LogP contribution in [0.25, 0.3) is 26.3 Å². The van der Waals surface area contributed by atoms with E-state index in [1.807, 2.05) is 61.5 Å².